The van der Waals surface area contributed by atoms with E-state index in [1.807, 2.05) is 67.3 Å². The smallest absolute Gasteiger partial charge is 0.246 e. The summed E-state index contributed by atoms with van der Waals surface area (Å²) in [4.78, 5) is 27.0. The van der Waals surface area contributed by atoms with Crippen molar-refractivity contribution in [2.75, 3.05) is 26.3 Å². The molecule has 3 rings (SSSR count). The number of amides is 1. The molecule has 0 N–H and O–H groups in total. The Bertz CT molecular complexity index is 883. The van der Waals surface area contributed by atoms with Crippen molar-refractivity contribution in [1.29, 1.82) is 0 Å². The molecule has 2 aromatic rings. The maximum absolute atomic E-state index is 12.6. The molecule has 1 fully saturated rings. The minimum absolute atomic E-state index is 0.0136. The van der Waals surface area contributed by atoms with Crippen LogP contribution in [0.25, 0.3) is 6.08 Å². The van der Waals surface area contributed by atoms with Gasteiger partial charge in [0.05, 0.1) is 13.2 Å². The van der Waals surface area contributed by atoms with Crippen LogP contribution < -0.4 is 9.47 Å². The highest BCUT2D eigenvalue weighted by Gasteiger charge is 2.27. The number of ketones is 1. The lowest BCUT2D eigenvalue weighted by Gasteiger charge is -2.30. The van der Waals surface area contributed by atoms with Gasteiger partial charge in [0.1, 0.15) is 0 Å². The molecule has 0 saturated carbocycles. The highest BCUT2D eigenvalue weighted by atomic mass is 16.5. The Hall–Kier alpha value is -3.08. The lowest BCUT2D eigenvalue weighted by Crippen LogP contribution is -2.39. The summed E-state index contributed by atoms with van der Waals surface area (Å²) < 4.78 is 11.2. The molecule has 1 saturated heterocycles. The van der Waals surface area contributed by atoms with Gasteiger partial charge >= 0.3 is 0 Å². The van der Waals surface area contributed by atoms with Gasteiger partial charge in [0, 0.05) is 30.6 Å². The number of rotatable bonds is 8. The average molecular weight is 408 g/mol. The van der Waals surface area contributed by atoms with E-state index < -0.39 is 0 Å². The Kier molecular flexibility index (Phi) is 7.66. The van der Waals surface area contributed by atoms with E-state index in [9.17, 15) is 9.59 Å². The average Bonchev–Trinajstić information content (AvgIpc) is 2.79. The van der Waals surface area contributed by atoms with Crippen LogP contribution in [0.15, 0.2) is 54.6 Å². The van der Waals surface area contributed by atoms with E-state index in [1.54, 1.807) is 12.2 Å². The molecule has 5 heteroatoms. The third-order valence-electron chi connectivity index (χ3n) is 5.22. The number of Topliss-reactive ketones (excluding diaryl/α,β-unsaturated/α-hetero) is 1. The van der Waals surface area contributed by atoms with Crippen molar-refractivity contribution in [3.8, 4) is 11.5 Å². The summed E-state index contributed by atoms with van der Waals surface area (Å²) in [5.74, 6) is 1.51. The summed E-state index contributed by atoms with van der Waals surface area (Å²) in [6.07, 6.45) is 4.78. The van der Waals surface area contributed by atoms with Gasteiger partial charge in [-0.15, -0.1) is 0 Å². The summed E-state index contributed by atoms with van der Waals surface area (Å²) >= 11 is 0. The minimum Gasteiger partial charge on any atom is -0.490 e. The van der Waals surface area contributed by atoms with E-state index in [0.29, 0.717) is 50.6 Å². The molecular formula is C25H29NO4. The van der Waals surface area contributed by atoms with Gasteiger partial charge in [0.15, 0.2) is 17.3 Å². The van der Waals surface area contributed by atoms with E-state index in [2.05, 4.69) is 0 Å². The van der Waals surface area contributed by atoms with Crippen LogP contribution in [0.4, 0.5) is 0 Å². The molecule has 0 radical (unpaired) electrons. The van der Waals surface area contributed by atoms with Crippen LogP contribution in [0.3, 0.4) is 0 Å². The predicted molar refractivity (Wildman–Crippen MR) is 118 cm³/mol. The Balaban J connectivity index is 1.57. The summed E-state index contributed by atoms with van der Waals surface area (Å²) in [5, 5.41) is 0. The van der Waals surface area contributed by atoms with Crippen molar-refractivity contribution < 1.29 is 19.1 Å². The van der Waals surface area contributed by atoms with Gasteiger partial charge in [-0.05, 0) is 50.5 Å². The van der Waals surface area contributed by atoms with Gasteiger partial charge in [-0.1, -0.05) is 36.4 Å². The molecule has 0 spiro atoms. The second kappa shape index (κ2) is 10.6. The third-order valence-corrected chi connectivity index (χ3v) is 5.22. The molecule has 1 aliphatic rings. The quantitative estimate of drug-likeness (QED) is 0.473. The first kappa shape index (κ1) is 21.6. The van der Waals surface area contributed by atoms with Gasteiger partial charge < -0.3 is 14.4 Å². The number of carbonyl (C=O) groups excluding carboxylic acids is 2. The van der Waals surface area contributed by atoms with Crippen molar-refractivity contribution in [3.63, 3.8) is 0 Å². The lowest BCUT2D eigenvalue weighted by atomic mass is 9.89. The fourth-order valence-electron chi connectivity index (χ4n) is 3.64. The zero-order chi connectivity index (χ0) is 21.3. The van der Waals surface area contributed by atoms with E-state index in [-0.39, 0.29) is 17.6 Å². The van der Waals surface area contributed by atoms with Gasteiger partial charge in [-0.3, -0.25) is 9.59 Å². The number of hydrogen-bond acceptors (Lipinski definition) is 4. The number of piperidine rings is 1. The molecule has 0 unspecified atom stereocenters. The van der Waals surface area contributed by atoms with E-state index in [0.717, 1.165) is 11.1 Å². The van der Waals surface area contributed by atoms with Crippen LogP contribution in [-0.2, 0) is 4.79 Å². The zero-order valence-electron chi connectivity index (χ0n) is 17.7. The molecule has 1 heterocycles. The number of ether oxygens (including phenoxy) is 2. The second-order valence-corrected chi connectivity index (χ2v) is 7.24. The molecule has 0 aromatic heterocycles. The fourth-order valence-corrected chi connectivity index (χ4v) is 3.64. The SMILES string of the molecule is CCOc1ccc(/C=C/C(=O)N2CCC(C(=O)c3ccccc3)CC2)cc1OCC. The van der Waals surface area contributed by atoms with Gasteiger partial charge in [0.25, 0.3) is 0 Å². The first-order chi connectivity index (χ1) is 14.6. The van der Waals surface area contributed by atoms with E-state index in [1.165, 1.54) is 0 Å². The van der Waals surface area contributed by atoms with Crippen LogP contribution in [0.1, 0.15) is 42.6 Å². The maximum atomic E-state index is 12.6. The number of carbonyl (C=O) groups is 2. The number of nitrogens with zero attached hydrogens (tertiary/aromatic N) is 1. The number of benzene rings is 2. The summed E-state index contributed by atoms with van der Waals surface area (Å²) in [6, 6.07) is 15.0. The van der Waals surface area contributed by atoms with Crippen molar-refractivity contribution in [2.45, 2.75) is 26.7 Å². The molecule has 30 heavy (non-hydrogen) atoms. The molecule has 0 atom stereocenters. The summed E-state index contributed by atoms with van der Waals surface area (Å²) in [5.41, 5.74) is 1.63. The second-order valence-electron chi connectivity index (χ2n) is 7.24. The van der Waals surface area contributed by atoms with Crippen LogP contribution in [0.2, 0.25) is 0 Å². The topological polar surface area (TPSA) is 55.8 Å². The Morgan fingerprint density at radius 3 is 2.30 bits per heavy atom. The van der Waals surface area contributed by atoms with Crippen molar-refractivity contribution >= 4 is 17.8 Å². The molecule has 2 aromatic carbocycles. The van der Waals surface area contributed by atoms with E-state index >= 15 is 0 Å². The van der Waals surface area contributed by atoms with Gasteiger partial charge in [-0.25, -0.2) is 0 Å². The first-order valence-corrected chi connectivity index (χ1v) is 10.6. The molecule has 0 aliphatic carbocycles. The fraction of sp³-hybridized carbons (Fsp3) is 0.360. The largest absolute Gasteiger partial charge is 0.490 e. The zero-order valence-corrected chi connectivity index (χ0v) is 17.7. The van der Waals surface area contributed by atoms with Crippen molar-refractivity contribution in [1.82, 2.24) is 4.90 Å². The van der Waals surface area contributed by atoms with Crippen LogP contribution in [-0.4, -0.2) is 42.9 Å². The van der Waals surface area contributed by atoms with Gasteiger partial charge in [-0.2, -0.15) is 0 Å². The normalized spacial score (nSPS) is 14.7. The van der Waals surface area contributed by atoms with Crippen molar-refractivity contribution in [2.24, 2.45) is 5.92 Å². The Labute approximate surface area is 178 Å². The van der Waals surface area contributed by atoms with Crippen LogP contribution in [0, 0.1) is 5.92 Å². The lowest BCUT2D eigenvalue weighted by molar-refractivity contribution is -0.127. The minimum atomic E-state index is -0.0348. The molecule has 1 aliphatic heterocycles. The molecule has 1 amide bonds. The highest BCUT2D eigenvalue weighted by Crippen LogP contribution is 2.29. The van der Waals surface area contributed by atoms with Crippen LogP contribution >= 0.6 is 0 Å². The standard InChI is InChI=1S/C25H29NO4/c1-3-29-22-12-10-19(18-23(22)30-4-2)11-13-24(27)26-16-14-21(15-17-26)25(28)20-8-6-5-7-9-20/h5-13,18,21H,3-4,14-17H2,1-2H3/b13-11+. The molecule has 158 valence electrons. The molecule has 5 nitrogen and oxygen atoms in total. The summed E-state index contributed by atoms with van der Waals surface area (Å²) in [6.45, 7) is 6.16. The number of hydrogen-bond donors (Lipinski definition) is 0. The first-order valence-electron chi connectivity index (χ1n) is 10.6. The van der Waals surface area contributed by atoms with E-state index in [4.69, 9.17) is 9.47 Å². The highest BCUT2D eigenvalue weighted by molar-refractivity contribution is 5.98. The monoisotopic (exact) mass is 407 g/mol. The molecule has 0 bridgehead atoms. The maximum Gasteiger partial charge on any atom is 0.246 e. The summed E-state index contributed by atoms with van der Waals surface area (Å²) in [7, 11) is 0. The Morgan fingerprint density at radius 2 is 1.63 bits per heavy atom. The number of likely N-dealkylation sites (tertiary alicyclic amines) is 1. The van der Waals surface area contributed by atoms with Crippen LogP contribution in [0.5, 0.6) is 11.5 Å². The van der Waals surface area contributed by atoms with Gasteiger partial charge in [0.2, 0.25) is 5.91 Å². The predicted octanol–water partition coefficient (Wildman–Crippen LogP) is 4.62. The third kappa shape index (κ3) is 5.50. The molecular weight excluding hydrogens is 378 g/mol. The van der Waals surface area contributed by atoms with Crippen molar-refractivity contribution in [3.05, 3.63) is 65.7 Å². The Morgan fingerprint density at radius 1 is 0.967 bits per heavy atom.